The molecule has 0 N–H and O–H groups in total. The fourth-order valence-corrected chi connectivity index (χ4v) is 7.66. The number of fused-ring (bicyclic) bond motifs is 6. The zero-order valence-electron chi connectivity index (χ0n) is 27.8. The van der Waals surface area contributed by atoms with Gasteiger partial charge in [-0.1, -0.05) is 121 Å². The molecule has 10 aromatic rings. The monoisotopic (exact) mass is 652 g/mol. The van der Waals surface area contributed by atoms with Gasteiger partial charge in [0.2, 0.25) is 0 Å². The van der Waals surface area contributed by atoms with E-state index in [-0.39, 0.29) is 0 Å². The van der Waals surface area contributed by atoms with Gasteiger partial charge in [0.25, 0.3) is 0 Å². The van der Waals surface area contributed by atoms with Crippen molar-refractivity contribution in [2.75, 3.05) is 4.90 Å². The molecule has 0 atom stereocenters. The molecule has 240 valence electrons. The van der Waals surface area contributed by atoms with Gasteiger partial charge in [-0.25, -0.2) is 0 Å². The number of nitrogens with zero attached hydrogens (tertiary/aromatic N) is 2. The second-order valence-electron chi connectivity index (χ2n) is 13.0. The third-order valence-electron chi connectivity index (χ3n) is 9.98. The predicted molar refractivity (Wildman–Crippen MR) is 214 cm³/mol. The summed E-state index contributed by atoms with van der Waals surface area (Å²) in [6.07, 6.45) is 0. The Morgan fingerprint density at radius 3 is 1.82 bits per heavy atom. The number of aromatic nitrogens is 1. The third-order valence-corrected chi connectivity index (χ3v) is 9.98. The molecule has 0 amide bonds. The van der Waals surface area contributed by atoms with Crippen molar-refractivity contribution in [2.45, 2.75) is 0 Å². The largest absolute Gasteiger partial charge is 0.456 e. The minimum absolute atomic E-state index is 0.870. The Bertz CT molecular complexity index is 2850. The smallest absolute Gasteiger partial charge is 0.137 e. The van der Waals surface area contributed by atoms with Crippen LogP contribution in [-0.2, 0) is 0 Å². The highest BCUT2D eigenvalue weighted by molar-refractivity contribution is 6.16. The van der Waals surface area contributed by atoms with E-state index in [1.165, 1.54) is 38.5 Å². The second-order valence-corrected chi connectivity index (χ2v) is 13.0. The van der Waals surface area contributed by atoms with Crippen LogP contribution < -0.4 is 4.90 Å². The fraction of sp³-hybridized carbons (Fsp3) is 0. The Morgan fingerprint density at radius 2 is 0.980 bits per heavy atom. The van der Waals surface area contributed by atoms with Crippen molar-refractivity contribution in [3.05, 3.63) is 194 Å². The summed E-state index contributed by atoms with van der Waals surface area (Å²) >= 11 is 0. The first-order valence-electron chi connectivity index (χ1n) is 17.4. The van der Waals surface area contributed by atoms with Crippen LogP contribution in [0.5, 0.6) is 0 Å². The summed E-state index contributed by atoms with van der Waals surface area (Å²) in [5.41, 5.74) is 13.2. The maximum atomic E-state index is 6.38. The van der Waals surface area contributed by atoms with Crippen LogP contribution in [0.25, 0.3) is 71.7 Å². The zero-order chi connectivity index (χ0) is 33.7. The highest BCUT2D eigenvalue weighted by Gasteiger charge is 2.19. The molecule has 0 aliphatic carbocycles. The fourth-order valence-electron chi connectivity index (χ4n) is 7.66. The van der Waals surface area contributed by atoms with Crippen LogP contribution in [0, 0.1) is 0 Å². The van der Waals surface area contributed by atoms with Crippen molar-refractivity contribution in [3.8, 4) is 27.9 Å². The summed E-state index contributed by atoms with van der Waals surface area (Å²) in [6.45, 7) is 0. The van der Waals surface area contributed by atoms with E-state index in [2.05, 4.69) is 191 Å². The van der Waals surface area contributed by atoms with Crippen molar-refractivity contribution in [3.63, 3.8) is 0 Å². The van der Waals surface area contributed by atoms with Gasteiger partial charge in [-0.15, -0.1) is 0 Å². The summed E-state index contributed by atoms with van der Waals surface area (Å²) in [7, 11) is 0. The Hall–Kier alpha value is -6.84. The van der Waals surface area contributed by atoms with Crippen molar-refractivity contribution in [1.82, 2.24) is 4.57 Å². The number of rotatable bonds is 6. The van der Waals surface area contributed by atoms with E-state index >= 15 is 0 Å². The van der Waals surface area contributed by atoms with Crippen molar-refractivity contribution < 1.29 is 4.42 Å². The van der Waals surface area contributed by atoms with Crippen molar-refractivity contribution in [2.24, 2.45) is 0 Å². The first kappa shape index (κ1) is 29.1. The van der Waals surface area contributed by atoms with Gasteiger partial charge >= 0.3 is 0 Å². The molecule has 51 heavy (non-hydrogen) atoms. The molecular weight excluding hydrogens is 621 g/mol. The van der Waals surface area contributed by atoms with E-state index in [1.807, 2.05) is 12.1 Å². The molecule has 0 aliphatic heterocycles. The van der Waals surface area contributed by atoms with Gasteiger partial charge in [0.15, 0.2) is 0 Å². The van der Waals surface area contributed by atoms with Crippen molar-refractivity contribution >= 4 is 60.8 Å². The molecule has 0 unspecified atom stereocenters. The Kier molecular flexibility index (Phi) is 6.81. The summed E-state index contributed by atoms with van der Waals surface area (Å²) in [4.78, 5) is 2.33. The molecule has 0 radical (unpaired) electrons. The minimum Gasteiger partial charge on any atom is -0.456 e. The van der Waals surface area contributed by atoms with Crippen molar-refractivity contribution in [1.29, 1.82) is 0 Å². The number of para-hydroxylation sites is 3. The molecule has 0 bridgehead atoms. The second kappa shape index (κ2) is 11.9. The lowest BCUT2D eigenvalue weighted by molar-refractivity contribution is 0.669. The molecule has 0 saturated carbocycles. The SMILES string of the molecule is c1ccc(-c2ccc(N(c3cccc(-c4cccc5c4c4ccccc4n5-c4ccccc4)c3)c3ccc4c(c3)oc3ccccc34)cc2)cc1. The number of hydrogen-bond acceptors (Lipinski definition) is 2. The van der Waals surface area contributed by atoms with Crippen LogP contribution >= 0.6 is 0 Å². The highest BCUT2D eigenvalue weighted by Crippen LogP contribution is 2.43. The van der Waals surface area contributed by atoms with Gasteiger partial charge < -0.3 is 13.9 Å². The predicted octanol–water partition coefficient (Wildman–Crippen LogP) is 13.5. The molecule has 10 rings (SSSR count). The molecule has 2 aromatic heterocycles. The van der Waals surface area contributed by atoms with E-state index in [4.69, 9.17) is 4.42 Å². The maximum Gasteiger partial charge on any atom is 0.137 e. The average Bonchev–Trinajstić information content (AvgIpc) is 3.75. The number of furan rings is 1. The number of hydrogen-bond donors (Lipinski definition) is 0. The summed E-state index contributed by atoms with van der Waals surface area (Å²) in [5.74, 6) is 0. The van der Waals surface area contributed by atoms with E-state index in [0.717, 1.165) is 50.3 Å². The number of anilines is 3. The quantitative estimate of drug-likeness (QED) is 0.178. The van der Waals surface area contributed by atoms with Gasteiger partial charge in [0.05, 0.1) is 11.0 Å². The molecule has 0 fully saturated rings. The highest BCUT2D eigenvalue weighted by atomic mass is 16.3. The van der Waals surface area contributed by atoms with Gasteiger partial charge in [-0.3, -0.25) is 0 Å². The molecule has 8 aromatic carbocycles. The van der Waals surface area contributed by atoms with Gasteiger partial charge in [-0.05, 0) is 89.0 Å². The first-order valence-corrected chi connectivity index (χ1v) is 17.4. The van der Waals surface area contributed by atoms with Crippen LogP contribution in [0.4, 0.5) is 17.1 Å². The zero-order valence-corrected chi connectivity index (χ0v) is 27.8. The Labute approximate surface area is 295 Å². The first-order chi connectivity index (χ1) is 25.3. The minimum atomic E-state index is 0.870. The lowest BCUT2D eigenvalue weighted by Gasteiger charge is -2.26. The molecule has 0 aliphatic rings. The van der Waals surface area contributed by atoms with Crippen LogP contribution in [0.1, 0.15) is 0 Å². The van der Waals surface area contributed by atoms with Crippen LogP contribution in [-0.4, -0.2) is 4.57 Å². The standard InChI is InChI=1S/C48H32N2O/c1-3-13-33(14-4-1)34-25-27-37(28-26-34)49(39-29-30-42-41-19-8-10-24-46(41)51-47(42)32-39)38-18-11-15-35(31-38)40-21-12-23-45-48(40)43-20-7-9-22-44(43)50(45)36-16-5-2-6-17-36/h1-32H. The molecule has 0 saturated heterocycles. The Morgan fingerprint density at radius 1 is 0.373 bits per heavy atom. The topological polar surface area (TPSA) is 21.3 Å². The van der Waals surface area contributed by atoms with Gasteiger partial charge in [0.1, 0.15) is 11.2 Å². The lowest BCUT2D eigenvalue weighted by atomic mass is 9.98. The van der Waals surface area contributed by atoms with Crippen LogP contribution in [0.2, 0.25) is 0 Å². The third kappa shape index (κ3) is 4.90. The average molecular weight is 653 g/mol. The van der Waals surface area contributed by atoms with E-state index in [1.54, 1.807) is 0 Å². The Balaban J connectivity index is 1.16. The van der Waals surface area contributed by atoms with E-state index < -0.39 is 0 Å². The lowest BCUT2D eigenvalue weighted by Crippen LogP contribution is -2.10. The molecule has 2 heterocycles. The summed E-state index contributed by atoms with van der Waals surface area (Å²) in [6, 6.07) is 69.1. The molecule has 3 nitrogen and oxygen atoms in total. The summed E-state index contributed by atoms with van der Waals surface area (Å²) < 4.78 is 8.76. The van der Waals surface area contributed by atoms with E-state index in [0.29, 0.717) is 0 Å². The van der Waals surface area contributed by atoms with Crippen LogP contribution in [0.3, 0.4) is 0 Å². The normalized spacial score (nSPS) is 11.5. The van der Waals surface area contributed by atoms with Gasteiger partial charge in [0, 0.05) is 50.4 Å². The number of benzene rings is 8. The molecule has 0 spiro atoms. The summed E-state index contributed by atoms with van der Waals surface area (Å²) in [5, 5.41) is 4.73. The molecular formula is C48H32N2O. The van der Waals surface area contributed by atoms with Gasteiger partial charge in [-0.2, -0.15) is 0 Å². The van der Waals surface area contributed by atoms with E-state index in [9.17, 15) is 0 Å². The maximum absolute atomic E-state index is 6.38. The molecule has 3 heteroatoms. The van der Waals surface area contributed by atoms with Crippen LogP contribution in [0.15, 0.2) is 199 Å².